The normalized spacial score (nSPS) is 14.8. The second-order valence-corrected chi connectivity index (χ2v) is 4.45. The molecule has 3 nitrogen and oxygen atoms in total. The van der Waals surface area contributed by atoms with Crippen molar-refractivity contribution < 1.29 is 9.53 Å². The van der Waals surface area contributed by atoms with Crippen molar-refractivity contribution in [2.75, 3.05) is 6.61 Å². The Bertz CT molecular complexity index is 561. The minimum absolute atomic E-state index is 0.425. The van der Waals surface area contributed by atoms with E-state index in [4.69, 9.17) is 4.74 Å². The fraction of sp³-hybridized carbons (Fsp3) is 0.286. The van der Waals surface area contributed by atoms with Crippen LogP contribution in [0.5, 0.6) is 5.88 Å². The smallest absolute Gasteiger partial charge is 0.222 e. The molecule has 3 heteroatoms. The van der Waals surface area contributed by atoms with Gasteiger partial charge in [0.15, 0.2) is 6.29 Å². The fourth-order valence-electron chi connectivity index (χ4n) is 1.84. The van der Waals surface area contributed by atoms with Crippen LogP contribution in [-0.2, 0) is 0 Å². The van der Waals surface area contributed by atoms with Crippen molar-refractivity contribution in [1.29, 1.82) is 0 Å². The molecule has 0 N–H and O–H groups in total. The summed E-state index contributed by atoms with van der Waals surface area (Å²) in [7, 11) is 0. The first kappa shape index (κ1) is 10.3. The first-order valence-electron chi connectivity index (χ1n) is 5.84. The maximum Gasteiger partial charge on any atom is 0.222 e. The summed E-state index contributed by atoms with van der Waals surface area (Å²) in [6.45, 7) is 0.708. The van der Waals surface area contributed by atoms with E-state index in [1.165, 1.54) is 12.8 Å². The van der Waals surface area contributed by atoms with Crippen LogP contribution in [-0.4, -0.2) is 17.9 Å². The van der Waals surface area contributed by atoms with Crippen LogP contribution in [0, 0.1) is 5.92 Å². The van der Waals surface area contributed by atoms with Crippen LogP contribution in [0.2, 0.25) is 0 Å². The number of fused-ring (bicyclic) bond motifs is 1. The van der Waals surface area contributed by atoms with Crippen LogP contribution in [0.4, 0.5) is 0 Å². The Labute approximate surface area is 99.4 Å². The first-order chi connectivity index (χ1) is 8.36. The van der Waals surface area contributed by atoms with Crippen molar-refractivity contribution in [3.05, 3.63) is 36.0 Å². The van der Waals surface area contributed by atoms with Crippen molar-refractivity contribution in [1.82, 2.24) is 4.98 Å². The number of pyridine rings is 1. The van der Waals surface area contributed by atoms with Gasteiger partial charge in [0.25, 0.3) is 0 Å². The number of nitrogens with zero attached hydrogens (tertiary/aromatic N) is 1. The Morgan fingerprint density at radius 1 is 1.35 bits per heavy atom. The number of carbonyl (C=O) groups excluding carboxylic acids is 1. The van der Waals surface area contributed by atoms with Crippen LogP contribution in [0.3, 0.4) is 0 Å². The number of aromatic nitrogens is 1. The van der Waals surface area contributed by atoms with Crippen molar-refractivity contribution in [2.24, 2.45) is 5.92 Å². The first-order valence-corrected chi connectivity index (χ1v) is 5.84. The lowest BCUT2D eigenvalue weighted by Crippen LogP contribution is -2.02. The van der Waals surface area contributed by atoms with E-state index >= 15 is 0 Å². The Kier molecular flexibility index (Phi) is 2.52. The zero-order chi connectivity index (χ0) is 11.7. The van der Waals surface area contributed by atoms with Gasteiger partial charge in [-0.05, 0) is 36.3 Å². The summed E-state index contributed by atoms with van der Waals surface area (Å²) in [4.78, 5) is 15.1. The zero-order valence-electron chi connectivity index (χ0n) is 9.43. The van der Waals surface area contributed by atoms with E-state index in [9.17, 15) is 4.79 Å². The molecule has 1 aromatic heterocycles. The molecular weight excluding hydrogens is 214 g/mol. The summed E-state index contributed by atoms with van der Waals surface area (Å²) in [6, 6.07) is 9.62. The van der Waals surface area contributed by atoms with Crippen molar-refractivity contribution in [3.8, 4) is 5.88 Å². The molecule has 0 unspecified atom stereocenters. The fourth-order valence-corrected chi connectivity index (χ4v) is 1.84. The highest BCUT2D eigenvalue weighted by molar-refractivity contribution is 5.90. The van der Waals surface area contributed by atoms with E-state index in [-0.39, 0.29) is 0 Å². The molecule has 0 atom stereocenters. The molecule has 1 saturated carbocycles. The van der Waals surface area contributed by atoms with Crippen LogP contribution in [0.1, 0.15) is 23.3 Å². The van der Waals surface area contributed by atoms with Gasteiger partial charge in [-0.2, -0.15) is 0 Å². The number of hydrogen-bond donors (Lipinski definition) is 0. The summed E-state index contributed by atoms with van der Waals surface area (Å²) in [5, 5.41) is 1.97. The summed E-state index contributed by atoms with van der Waals surface area (Å²) in [6.07, 6.45) is 3.24. The van der Waals surface area contributed by atoms with Crippen molar-refractivity contribution in [3.63, 3.8) is 0 Å². The molecule has 1 fully saturated rings. The van der Waals surface area contributed by atoms with Crippen LogP contribution in [0.25, 0.3) is 10.8 Å². The highest BCUT2D eigenvalue weighted by Crippen LogP contribution is 2.31. The van der Waals surface area contributed by atoms with E-state index in [2.05, 4.69) is 4.98 Å². The number of rotatable bonds is 4. The summed E-state index contributed by atoms with van der Waals surface area (Å²) in [5.74, 6) is 1.26. The third-order valence-electron chi connectivity index (χ3n) is 3.00. The van der Waals surface area contributed by atoms with Crippen molar-refractivity contribution in [2.45, 2.75) is 12.8 Å². The van der Waals surface area contributed by atoms with E-state index in [1.807, 2.05) is 24.3 Å². The van der Waals surface area contributed by atoms with E-state index in [0.717, 1.165) is 17.1 Å². The van der Waals surface area contributed by atoms with Gasteiger partial charge in [0.05, 0.1) is 6.61 Å². The van der Waals surface area contributed by atoms with Gasteiger partial charge < -0.3 is 4.74 Å². The molecule has 86 valence electrons. The summed E-state index contributed by atoms with van der Waals surface area (Å²) < 4.78 is 5.72. The number of hydrogen-bond acceptors (Lipinski definition) is 3. The second kappa shape index (κ2) is 4.17. The molecule has 0 radical (unpaired) electrons. The number of ether oxygens (including phenoxy) is 1. The molecule has 0 bridgehead atoms. The van der Waals surface area contributed by atoms with Gasteiger partial charge in [-0.1, -0.05) is 18.2 Å². The van der Waals surface area contributed by atoms with Gasteiger partial charge >= 0.3 is 0 Å². The van der Waals surface area contributed by atoms with Crippen LogP contribution in [0.15, 0.2) is 30.3 Å². The Morgan fingerprint density at radius 3 is 2.94 bits per heavy atom. The lowest BCUT2D eigenvalue weighted by molar-refractivity contribution is 0.111. The maximum atomic E-state index is 10.8. The van der Waals surface area contributed by atoms with Gasteiger partial charge in [0.1, 0.15) is 5.69 Å². The lowest BCUT2D eigenvalue weighted by Gasteiger charge is -2.08. The molecule has 17 heavy (non-hydrogen) atoms. The average molecular weight is 227 g/mol. The van der Waals surface area contributed by atoms with Crippen molar-refractivity contribution >= 4 is 17.1 Å². The number of benzene rings is 1. The van der Waals surface area contributed by atoms with E-state index in [0.29, 0.717) is 24.1 Å². The van der Waals surface area contributed by atoms with Gasteiger partial charge in [0, 0.05) is 5.39 Å². The largest absolute Gasteiger partial charge is 0.477 e. The van der Waals surface area contributed by atoms with Gasteiger partial charge in [0.2, 0.25) is 5.88 Å². The van der Waals surface area contributed by atoms with Crippen LogP contribution < -0.4 is 4.74 Å². The number of carbonyl (C=O) groups is 1. The third kappa shape index (κ3) is 2.13. The molecule has 0 saturated heterocycles. The monoisotopic (exact) mass is 227 g/mol. The molecule has 2 aromatic rings. The van der Waals surface area contributed by atoms with Gasteiger partial charge in [-0.15, -0.1) is 0 Å². The quantitative estimate of drug-likeness (QED) is 0.754. The number of aldehydes is 1. The Balaban J connectivity index is 2.02. The third-order valence-corrected chi connectivity index (χ3v) is 3.00. The van der Waals surface area contributed by atoms with Gasteiger partial charge in [-0.3, -0.25) is 4.79 Å². The SMILES string of the molecule is O=Cc1cc2ccccc2c(OCC2CC2)n1. The standard InChI is InChI=1S/C14H13NO2/c16-8-12-7-11-3-1-2-4-13(11)14(15-12)17-9-10-5-6-10/h1-4,7-8,10H,5-6,9H2. The topological polar surface area (TPSA) is 39.2 Å². The molecule has 0 spiro atoms. The highest BCUT2D eigenvalue weighted by atomic mass is 16.5. The summed E-state index contributed by atoms with van der Waals surface area (Å²) in [5.41, 5.74) is 0.425. The molecular formula is C14H13NO2. The Hall–Kier alpha value is -1.90. The predicted molar refractivity (Wildman–Crippen MR) is 65.3 cm³/mol. The lowest BCUT2D eigenvalue weighted by atomic mass is 10.1. The molecule has 0 aliphatic heterocycles. The van der Waals surface area contributed by atoms with Crippen LogP contribution >= 0.6 is 0 Å². The molecule has 1 aliphatic rings. The summed E-state index contributed by atoms with van der Waals surface area (Å²) >= 11 is 0. The molecule has 0 amide bonds. The molecule has 1 aliphatic carbocycles. The minimum atomic E-state index is 0.425. The molecule has 1 aromatic carbocycles. The van der Waals surface area contributed by atoms with E-state index in [1.54, 1.807) is 6.07 Å². The maximum absolute atomic E-state index is 10.8. The second-order valence-electron chi connectivity index (χ2n) is 4.45. The van der Waals surface area contributed by atoms with Gasteiger partial charge in [-0.25, -0.2) is 4.98 Å². The minimum Gasteiger partial charge on any atom is -0.477 e. The Morgan fingerprint density at radius 2 is 2.18 bits per heavy atom. The van der Waals surface area contributed by atoms with E-state index < -0.39 is 0 Å². The predicted octanol–water partition coefficient (Wildman–Crippen LogP) is 2.84. The zero-order valence-corrected chi connectivity index (χ0v) is 9.43. The highest BCUT2D eigenvalue weighted by Gasteiger charge is 2.22. The molecule has 3 rings (SSSR count). The average Bonchev–Trinajstić information content (AvgIpc) is 3.19. The molecule has 1 heterocycles.